The van der Waals surface area contributed by atoms with Crippen LogP contribution in [0.3, 0.4) is 0 Å². The molecule has 0 amide bonds. The van der Waals surface area contributed by atoms with Gasteiger partial charge in [-0.05, 0) is 42.2 Å². The minimum absolute atomic E-state index is 0.0714. The molecule has 1 heterocycles. The van der Waals surface area contributed by atoms with Crippen LogP contribution in [0.5, 0.6) is 5.75 Å². The van der Waals surface area contributed by atoms with E-state index in [9.17, 15) is 10.1 Å². The van der Waals surface area contributed by atoms with Gasteiger partial charge >= 0.3 is 0 Å². The fourth-order valence-corrected chi connectivity index (χ4v) is 3.61. The summed E-state index contributed by atoms with van der Waals surface area (Å²) in [5.41, 5.74) is 3.40. The fraction of sp³-hybridized carbons (Fsp3) is 0.211. The summed E-state index contributed by atoms with van der Waals surface area (Å²) in [6, 6.07) is 11.4. The Morgan fingerprint density at radius 3 is 2.92 bits per heavy atom. The van der Waals surface area contributed by atoms with Crippen molar-refractivity contribution in [1.82, 2.24) is 4.98 Å². The van der Waals surface area contributed by atoms with E-state index in [1.165, 1.54) is 17.2 Å². The highest BCUT2D eigenvalue weighted by molar-refractivity contribution is 5.99. The molecule has 0 radical (unpaired) electrons. The zero-order valence-electron chi connectivity index (χ0n) is 13.7. The maximum Gasteiger partial charge on any atom is 0.278 e. The third kappa shape index (κ3) is 2.55. The maximum absolute atomic E-state index is 11.2. The molecule has 1 atom stereocenters. The van der Waals surface area contributed by atoms with Gasteiger partial charge in [-0.15, -0.1) is 0 Å². The van der Waals surface area contributed by atoms with Gasteiger partial charge in [-0.25, -0.2) is 0 Å². The Morgan fingerprint density at radius 2 is 2.12 bits per heavy atom. The number of nitrogens with zero attached hydrogens (tertiary/aromatic N) is 2. The van der Waals surface area contributed by atoms with Gasteiger partial charge in [0.2, 0.25) is 0 Å². The molecule has 1 aliphatic carbocycles. The van der Waals surface area contributed by atoms with Gasteiger partial charge in [-0.3, -0.25) is 15.1 Å². The lowest BCUT2D eigenvalue weighted by Crippen LogP contribution is -2.08. The van der Waals surface area contributed by atoms with Crippen LogP contribution in [-0.4, -0.2) is 17.0 Å². The van der Waals surface area contributed by atoms with Gasteiger partial charge in [-0.1, -0.05) is 12.1 Å². The van der Waals surface area contributed by atoms with Gasteiger partial charge in [0.1, 0.15) is 5.75 Å². The number of pyridine rings is 1. The van der Waals surface area contributed by atoms with E-state index in [1.807, 2.05) is 18.2 Å². The summed E-state index contributed by atoms with van der Waals surface area (Å²) in [6.45, 7) is 0. The number of anilines is 1. The summed E-state index contributed by atoms with van der Waals surface area (Å²) in [6.07, 6.45) is 5.11. The first-order valence-corrected chi connectivity index (χ1v) is 8.12. The molecule has 1 aromatic heterocycles. The number of methoxy groups -OCH3 is 1. The third-order valence-electron chi connectivity index (χ3n) is 4.77. The number of ether oxygens (including phenoxy) is 1. The number of benzene rings is 2. The number of nitrogens with one attached hydrogen (secondary N) is 1. The van der Waals surface area contributed by atoms with Crippen molar-refractivity contribution in [3.05, 3.63) is 70.0 Å². The van der Waals surface area contributed by atoms with Crippen LogP contribution in [0.25, 0.3) is 10.8 Å². The fourth-order valence-electron chi connectivity index (χ4n) is 3.61. The van der Waals surface area contributed by atoms with Gasteiger partial charge < -0.3 is 10.1 Å². The Morgan fingerprint density at radius 1 is 1.24 bits per heavy atom. The van der Waals surface area contributed by atoms with Crippen LogP contribution < -0.4 is 10.1 Å². The average molecular weight is 335 g/mol. The lowest BCUT2D eigenvalue weighted by molar-refractivity contribution is -0.383. The molecular weight excluding hydrogens is 318 g/mol. The lowest BCUT2D eigenvalue weighted by Gasteiger charge is -2.17. The zero-order valence-corrected chi connectivity index (χ0v) is 13.7. The topological polar surface area (TPSA) is 77.3 Å². The normalized spacial score (nSPS) is 15.8. The number of hydrogen-bond donors (Lipinski definition) is 1. The summed E-state index contributed by atoms with van der Waals surface area (Å²) in [4.78, 5) is 14.9. The van der Waals surface area contributed by atoms with Crippen molar-refractivity contribution in [2.75, 3.05) is 12.4 Å². The first-order chi connectivity index (χ1) is 12.2. The number of nitro benzene ring substituents is 1. The molecule has 0 spiro atoms. The van der Waals surface area contributed by atoms with Gasteiger partial charge in [-0.2, -0.15) is 0 Å². The molecule has 1 N–H and O–H groups in total. The summed E-state index contributed by atoms with van der Waals surface area (Å²) >= 11 is 0. The Hall–Kier alpha value is -3.15. The smallest absolute Gasteiger partial charge is 0.278 e. The van der Waals surface area contributed by atoms with E-state index in [1.54, 1.807) is 25.6 Å². The average Bonchev–Trinajstić information content (AvgIpc) is 3.05. The molecule has 0 aliphatic heterocycles. The molecule has 6 nitrogen and oxygen atoms in total. The van der Waals surface area contributed by atoms with Crippen molar-refractivity contribution < 1.29 is 9.66 Å². The monoisotopic (exact) mass is 335 g/mol. The van der Waals surface area contributed by atoms with E-state index in [2.05, 4.69) is 16.4 Å². The van der Waals surface area contributed by atoms with Crippen molar-refractivity contribution in [3.8, 4) is 5.75 Å². The number of fused-ring (bicyclic) bond motifs is 2. The van der Waals surface area contributed by atoms with Crippen molar-refractivity contribution in [3.63, 3.8) is 0 Å². The summed E-state index contributed by atoms with van der Waals surface area (Å²) in [5, 5.41) is 16.1. The highest BCUT2D eigenvalue weighted by Crippen LogP contribution is 2.40. The largest absolute Gasteiger partial charge is 0.496 e. The second-order valence-electron chi connectivity index (χ2n) is 6.07. The molecule has 1 aliphatic rings. The molecular formula is C19H17N3O3. The molecule has 1 unspecified atom stereocenters. The van der Waals surface area contributed by atoms with Crippen LogP contribution in [0.2, 0.25) is 0 Å². The predicted molar refractivity (Wildman–Crippen MR) is 96.1 cm³/mol. The number of hydrogen-bond acceptors (Lipinski definition) is 5. The minimum Gasteiger partial charge on any atom is -0.496 e. The summed E-state index contributed by atoms with van der Waals surface area (Å²) in [5.74, 6) is 0.916. The SMILES string of the molecule is COc1cccc2c1CCC2Nc1ccc([N+](=O)[O-])c2cnccc12. The lowest BCUT2D eigenvalue weighted by atomic mass is 10.1. The van der Waals surface area contributed by atoms with Crippen LogP contribution in [0, 0.1) is 10.1 Å². The molecule has 3 aromatic rings. The van der Waals surface area contributed by atoms with E-state index in [0.29, 0.717) is 5.39 Å². The van der Waals surface area contributed by atoms with E-state index in [0.717, 1.165) is 29.7 Å². The molecule has 6 heteroatoms. The van der Waals surface area contributed by atoms with Crippen LogP contribution in [0.1, 0.15) is 23.6 Å². The predicted octanol–water partition coefficient (Wildman–Crippen LogP) is 4.25. The van der Waals surface area contributed by atoms with Gasteiger partial charge in [0.25, 0.3) is 5.69 Å². The number of non-ortho nitro benzene ring substituents is 1. The highest BCUT2D eigenvalue weighted by atomic mass is 16.6. The Kier molecular flexibility index (Phi) is 3.72. The van der Waals surface area contributed by atoms with Crippen LogP contribution >= 0.6 is 0 Å². The second-order valence-corrected chi connectivity index (χ2v) is 6.07. The molecule has 0 bridgehead atoms. The maximum atomic E-state index is 11.2. The van der Waals surface area contributed by atoms with E-state index >= 15 is 0 Å². The molecule has 0 saturated carbocycles. The van der Waals surface area contributed by atoms with Crippen molar-refractivity contribution in [2.45, 2.75) is 18.9 Å². The quantitative estimate of drug-likeness (QED) is 0.569. The number of nitro groups is 1. The van der Waals surface area contributed by atoms with Crippen molar-refractivity contribution >= 4 is 22.1 Å². The first-order valence-electron chi connectivity index (χ1n) is 8.12. The Balaban J connectivity index is 1.75. The molecule has 4 rings (SSSR count). The molecule has 0 saturated heterocycles. The van der Waals surface area contributed by atoms with Crippen molar-refractivity contribution in [2.24, 2.45) is 0 Å². The van der Waals surface area contributed by atoms with Crippen LogP contribution in [0.15, 0.2) is 48.8 Å². The standard InChI is InChI=1S/C19H17N3O3/c1-25-19-4-2-3-12-14(19)5-6-16(12)21-17-7-8-18(22(23)24)15-11-20-10-9-13(15)17/h2-4,7-11,16,21H,5-6H2,1H3. The highest BCUT2D eigenvalue weighted by Gasteiger charge is 2.26. The second kappa shape index (κ2) is 6.05. The molecule has 2 aromatic carbocycles. The van der Waals surface area contributed by atoms with Crippen LogP contribution in [0.4, 0.5) is 11.4 Å². The van der Waals surface area contributed by atoms with Gasteiger partial charge in [0, 0.05) is 29.5 Å². The number of aromatic nitrogens is 1. The van der Waals surface area contributed by atoms with E-state index in [-0.39, 0.29) is 16.7 Å². The Labute approximate surface area is 144 Å². The summed E-state index contributed by atoms with van der Waals surface area (Å²) < 4.78 is 5.46. The van der Waals surface area contributed by atoms with Gasteiger partial charge in [0.05, 0.1) is 23.5 Å². The molecule has 25 heavy (non-hydrogen) atoms. The van der Waals surface area contributed by atoms with E-state index in [4.69, 9.17) is 4.74 Å². The van der Waals surface area contributed by atoms with Crippen molar-refractivity contribution in [1.29, 1.82) is 0 Å². The number of rotatable bonds is 4. The first kappa shape index (κ1) is 15.4. The van der Waals surface area contributed by atoms with Gasteiger partial charge in [0.15, 0.2) is 0 Å². The Bertz CT molecular complexity index is 971. The molecule has 0 fully saturated rings. The third-order valence-corrected chi connectivity index (χ3v) is 4.77. The van der Waals surface area contributed by atoms with E-state index < -0.39 is 0 Å². The minimum atomic E-state index is -0.372. The van der Waals surface area contributed by atoms with Crippen LogP contribution in [-0.2, 0) is 6.42 Å². The molecule has 126 valence electrons. The zero-order chi connectivity index (χ0) is 17.4. The summed E-state index contributed by atoms with van der Waals surface area (Å²) in [7, 11) is 1.69.